The minimum atomic E-state index is -0.304. The van der Waals surface area contributed by atoms with E-state index in [1.54, 1.807) is 12.3 Å². The van der Waals surface area contributed by atoms with Gasteiger partial charge in [-0.1, -0.05) is 0 Å². The Hall–Kier alpha value is -0.810. The topological polar surface area (TPSA) is 51.6 Å². The van der Waals surface area contributed by atoms with Crippen molar-refractivity contribution < 1.29 is 14.6 Å². The quantitative estimate of drug-likeness (QED) is 0.802. The molecule has 0 radical (unpaired) electrons. The SMILES string of the molecule is OCC1COc2cc(Br)cnc2O1. The predicted molar refractivity (Wildman–Crippen MR) is 48.9 cm³/mol. The zero-order valence-corrected chi connectivity index (χ0v) is 8.32. The molecule has 13 heavy (non-hydrogen) atoms. The van der Waals surface area contributed by atoms with Gasteiger partial charge in [0.05, 0.1) is 6.61 Å². The highest BCUT2D eigenvalue weighted by atomic mass is 79.9. The van der Waals surface area contributed by atoms with E-state index >= 15 is 0 Å². The molecule has 1 atom stereocenters. The van der Waals surface area contributed by atoms with E-state index in [1.165, 1.54) is 0 Å². The van der Waals surface area contributed by atoms with Crippen molar-refractivity contribution in [1.29, 1.82) is 0 Å². The highest BCUT2D eigenvalue weighted by Gasteiger charge is 2.21. The van der Waals surface area contributed by atoms with E-state index in [2.05, 4.69) is 20.9 Å². The predicted octanol–water partition coefficient (Wildman–Crippen LogP) is 0.976. The summed E-state index contributed by atoms with van der Waals surface area (Å²) in [5.74, 6) is 1.05. The van der Waals surface area contributed by atoms with Crippen LogP contribution in [0.5, 0.6) is 11.6 Å². The van der Waals surface area contributed by atoms with E-state index in [-0.39, 0.29) is 12.7 Å². The molecule has 0 saturated carbocycles. The molecule has 0 aromatic carbocycles. The van der Waals surface area contributed by atoms with Gasteiger partial charge in [0.15, 0.2) is 11.9 Å². The molecule has 0 amide bonds. The lowest BCUT2D eigenvalue weighted by atomic mass is 10.3. The van der Waals surface area contributed by atoms with Crippen molar-refractivity contribution >= 4 is 15.9 Å². The third kappa shape index (κ3) is 1.76. The summed E-state index contributed by atoms with van der Waals surface area (Å²) < 4.78 is 11.5. The first-order valence-electron chi connectivity index (χ1n) is 3.85. The second-order valence-electron chi connectivity index (χ2n) is 2.69. The largest absolute Gasteiger partial charge is 0.484 e. The fourth-order valence-electron chi connectivity index (χ4n) is 1.06. The van der Waals surface area contributed by atoms with E-state index in [1.807, 2.05) is 0 Å². The molecule has 0 aliphatic carbocycles. The zero-order valence-electron chi connectivity index (χ0n) is 6.74. The standard InChI is InChI=1S/C8H8BrNO3/c9-5-1-7-8(10-2-5)13-6(3-11)4-12-7/h1-2,6,11H,3-4H2. The molecular formula is C8H8BrNO3. The number of hydrogen-bond donors (Lipinski definition) is 1. The van der Waals surface area contributed by atoms with Gasteiger partial charge < -0.3 is 14.6 Å². The molecule has 1 aliphatic heterocycles. The summed E-state index contributed by atoms with van der Waals surface area (Å²) in [5.41, 5.74) is 0. The van der Waals surface area contributed by atoms with Crippen LogP contribution in [-0.4, -0.2) is 29.4 Å². The molecule has 2 rings (SSSR count). The monoisotopic (exact) mass is 245 g/mol. The Morgan fingerprint density at radius 3 is 3.31 bits per heavy atom. The Labute approximate surface area is 83.6 Å². The molecule has 1 aromatic heterocycles. The van der Waals surface area contributed by atoms with Crippen LogP contribution < -0.4 is 9.47 Å². The normalized spacial score (nSPS) is 20.0. The molecule has 2 heterocycles. The number of rotatable bonds is 1. The molecule has 1 N–H and O–H groups in total. The van der Waals surface area contributed by atoms with Crippen molar-refractivity contribution in [2.75, 3.05) is 13.2 Å². The number of aliphatic hydroxyl groups is 1. The number of aromatic nitrogens is 1. The summed E-state index contributed by atoms with van der Waals surface area (Å²) in [7, 11) is 0. The van der Waals surface area contributed by atoms with Gasteiger partial charge in [-0.3, -0.25) is 0 Å². The minimum Gasteiger partial charge on any atom is -0.484 e. The summed E-state index contributed by atoms with van der Waals surface area (Å²) in [6.07, 6.45) is 1.32. The molecule has 0 bridgehead atoms. The van der Waals surface area contributed by atoms with Crippen LogP contribution >= 0.6 is 15.9 Å². The van der Waals surface area contributed by atoms with Crippen LogP contribution in [0, 0.1) is 0 Å². The lowest BCUT2D eigenvalue weighted by Gasteiger charge is -2.23. The van der Waals surface area contributed by atoms with Gasteiger partial charge in [0.2, 0.25) is 0 Å². The first-order valence-corrected chi connectivity index (χ1v) is 4.65. The fraction of sp³-hybridized carbons (Fsp3) is 0.375. The summed E-state index contributed by atoms with van der Waals surface area (Å²) in [5, 5.41) is 8.83. The van der Waals surface area contributed by atoms with Crippen molar-refractivity contribution in [1.82, 2.24) is 4.98 Å². The van der Waals surface area contributed by atoms with Gasteiger partial charge in [0.25, 0.3) is 5.88 Å². The molecular weight excluding hydrogens is 238 g/mol. The smallest absolute Gasteiger partial charge is 0.257 e. The highest BCUT2D eigenvalue weighted by Crippen LogP contribution is 2.31. The van der Waals surface area contributed by atoms with E-state index in [0.717, 1.165) is 4.47 Å². The van der Waals surface area contributed by atoms with Crippen molar-refractivity contribution in [2.45, 2.75) is 6.10 Å². The number of nitrogens with zero attached hydrogens (tertiary/aromatic N) is 1. The van der Waals surface area contributed by atoms with Crippen LogP contribution in [0.1, 0.15) is 0 Å². The van der Waals surface area contributed by atoms with Crippen molar-refractivity contribution in [3.63, 3.8) is 0 Å². The Balaban J connectivity index is 2.26. The molecule has 70 valence electrons. The van der Waals surface area contributed by atoms with Crippen LogP contribution in [0.15, 0.2) is 16.7 Å². The number of halogens is 1. The van der Waals surface area contributed by atoms with Gasteiger partial charge in [-0.15, -0.1) is 0 Å². The Kier molecular flexibility index (Phi) is 2.37. The van der Waals surface area contributed by atoms with Crippen LogP contribution in [0.2, 0.25) is 0 Å². The fourth-order valence-corrected chi connectivity index (χ4v) is 1.37. The zero-order chi connectivity index (χ0) is 9.26. The van der Waals surface area contributed by atoms with E-state index in [4.69, 9.17) is 14.6 Å². The van der Waals surface area contributed by atoms with Gasteiger partial charge in [-0.05, 0) is 15.9 Å². The molecule has 0 fully saturated rings. The summed E-state index contributed by atoms with van der Waals surface area (Å²) >= 11 is 3.28. The Morgan fingerprint density at radius 2 is 2.54 bits per heavy atom. The summed E-state index contributed by atoms with van der Waals surface area (Å²) in [6.45, 7) is 0.304. The number of pyridine rings is 1. The van der Waals surface area contributed by atoms with Crippen LogP contribution in [0.4, 0.5) is 0 Å². The van der Waals surface area contributed by atoms with Gasteiger partial charge in [-0.25, -0.2) is 4.98 Å². The maximum atomic E-state index is 8.83. The second-order valence-corrected chi connectivity index (χ2v) is 3.61. The van der Waals surface area contributed by atoms with Crippen molar-refractivity contribution in [3.8, 4) is 11.6 Å². The third-order valence-electron chi connectivity index (χ3n) is 1.69. The molecule has 4 nitrogen and oxygen atoms in total. The van der Waals surface area contributed by atoms with Crippen LogP contribution in [0.25, 0.3) is 0 Å². The van der Waals surface area contributed by atoms with Gasteiger partial charge in [-0.2, -0.15) is 0 Å². The second kappa shape index (κ2) is 3.51. The maximum Gasteiger partial charge on any atom is 0.257 e. The maximum absolute atomic E-state index is 8.83. The third-order valence-corrected chi connectivity index (χ3v) is 2.13. The number of ether oxygens (including phenoxy) is 2. The number of fused-ring (bicyclic) bond motifs is 1. The first kappa shape index (κ1) is 8.77. The average Bonchev–Trinajstić information content (AvgIpc) is 2.17. The van der Waals surface area contributed by atoms with E-state index in [0.29, 0.717) is 18.2 Å². The number of hydrogen-bond acceptors (Lipinski definition) is 4. The minimum absolute atomic E-state index is 0.0583. The highest BCUT2D eigenvalue weighted by molar-refractivity contribution is 9.10. The van der Waals surface area contributed by atoms with Gasteiger partial charge >= 0.3 is 0 Å². The van der Waals surface area contributed by atoms with Gasteiger partial charge in [0, 0.05) is 16.7 Å². The Morgan fingerprint density at radius 1 is 1.69 bits per heavy atom. The lowest BCUT2D eigenvalue weighted by Crippen LogP contribution is -2.32. The molecule has 0 saturated heterocycles. The van der Waals surface area contributed by atoms with Crippen LogP contribution in [0.3, 0.4) is 0 Å². The summed E-state index contributed by atoms with van der Waals surface area (Å²) in [4.78, 5) is 4.01. The molecule has 1 aromatic rings. The van der Waals surface area contributed by atoms with Crippen molar-refractivity contribution in [3.05, 3.63) is 16.7 Å². The van der Waals surface area contributed by atoms with Crippen molar-refractivity contribution in [2.24, 2.45) is 0 Å². The molecule has 5 heteroatoms. The van der Waals surface area contributed by atoms with E-state index < -0.39 is 0 Å². The average molecular weight is 246 g/mol. The van der Waals surface area contributed by atoms with E-state index in [9.17, 15) is 0 Å². The molecule has 1 unspecified atom stereocenters. The molecule has 1 aliphatic rings. The lowest BCUT2D eigenvalue weighted by molar-refractivity contribution is 0.0410. The van der Waals surface area contributed by atoms with Crippen LogP contribution in [-0.2, 0) is 0 Å². The first-order chi connectivity index (χ1) is 6.29. The van der Waals surface area contributed by atoms with Gasteiger partial charge in [0.1, 0.15) is 6.61 Å². The number of aliphatic hydroxyl groups excluding tert-OH is 1. The Bertz CT molecular complexity index is 318. The molecule has 0 spiro atoms. The summed E-state index contributed by atoms with van der Waals surface area (Å²) in [6, 6.07) is 1.79.